The molecular weight excluding hydrogens is 290 g/mol. The Bertz CT molecular complexity index is 613. The quantitative estimate of drug-likeness (QED) is 0.823. The lowest BCUT2D eigenvalue weighted by atomic mass is 10.3. The van der Waals surface area contributed by atoms with E-state index >= 15 is 0 Å². The predicted molar refractivity (Wildman–Crippen MR) is 78.4 cm³/mol. The van der Waals surface area contributed by atoms with Crippen molar-refractivity contribution >= 4 is 23.2 Å². The number of carbonyl (C=O) groups is 2. The molecule has 0 saturated heterocycles. The molecular formula is C14H15N3O3S. The Hall–Kier alpha value is -2.28. The fourth-order valence-corrected chi connectivity index (χ4v) is 2.44. The Morgan fingerprint density at radius 2 is 2.05 bits per heavy atom. The van der Waals surface area contributed by atoms with Gasteiger partial charge in [-0.05, 0) is 12.1 Å². The minimum absolute atomic E-state index is 0.0850. The molecule has 2 heterocycles. The minimum Gasteiger partial charge on any atom is -0.469 e. The zero-order valence-electron chi connectivity index (χ0n) is 11.5. The highest BCUT2D eigenvalue weighted by Gasteiger charge is 2.08. The van der Waals surface area contributed by atoms with Gasteiger partial charge in [0.05, 0.1) is 25.8 Å². The number of ether oxygens (including phenoxy) is 1. The topological polar surface area (TPSA) is 81.2 Å². The molecule has 0 fully saturated rings. The molecule has 2 aromatic heterocycles. The lowest BCUT2D eigenvalue weighted by molar-refractivity contribution is -0.142. The Kier molecular flexibility index (Phi) is 5.39. The highest BCUT2D eigenvalue weighted by Crippen LogP contribution is 2.22. The van der Waals surface area contributed by atoms with E-state index in [-0.39, 0.29) is 18.7 Å². The number of hydrogen-bond donors (Lipinski definition) is 1. The van der Waals surface area contributed by atoms with Gasteiger partial charge in [0.25, 0.3) is 0 Å². The summed E-state index contributed by atoms with van der Waals surface area (Å²) in [5, 5.41) is 5.51. The fourth-order valence-electron chi connectivity index (χ4n) is 1.61. The predicted octanol–water partition coefficient (Wildman–Crippen LogP) is 1.77. The van der Waals surface area contributed by atoms with Crippen molar-refractivity contribution in [2.75, 3.05) is 7.11 Å². The molecule has 0 atom stereocenters. The van der Waals surface area contributed by atoms with Crippen molar-refractivity contribution in [1.29, 1.82) is 0 Å². The van der Waals surface area contributed by atoms with Crippen molar-refractivity contribution in [1.82, 2.24) is 15.3 Å². The van der Waals surface area contributed by atoms with E-state index in [0.717, 1.165) is 16.3 Å². The largest absolute Gasteiger partial charge is 0.469 e. The summed E-state index contributed by atoms with van der Waals surface area (Å²) in [5.41, 5.74) is 1.79. The van der Waals surface area contributed by atoms with Gasteiger partial charge in [-0.2, -0.15) is 0 Å². The second kappa shape index (κ2) is 7.49. The molecule has 0 radical (unpaired) electrons. The van der Waals surface area contributed by atoms with Crippen LogP contribution >= 0.6 is 11.3 Å². The molecule has 0 unspecified atom stereocenters. The number of hydrogen-bond acceptors (Lipinski definition) is 6. The fraction of sp³-hybridized carbons (Fsp3) is 0.286. The van der Waals surface area contributed by atoms with Crippen LogP contribution in [0.5, 0.6) is 0 Å². The Balaban J connectivity index is 1.83. The zero-order valence-corrected chi connectivity index (χ0v) is 12.4. The van der Waals surface area contributed by atoms with E-state index in [2.05, 4.69) is 20.0 Å². The number of esters is 1. The lowest BCUT2D eigenvalue weighted by Crippen LogP contribution is -2.23. The number of carbonyl (C=O) groups excluding carboxylic acids is 2. The third kappa shape index (κ3) is 4.64. The molecule has 21 heavy (non-hydrogen) atoms. The number of nitrogens with zero attached hydrogens (tertiary/aromatic N) is 2. The first-order valence-corrected chi connectivity index (χ1v) is 7.25. The van der Waals surface area contributed by atoms with Gasteiger partial charge in [-0.15, -0.1) is 11.3 Å². The average molecular weight is 305 g/mol. The van der Waals surface area contributed by atoms with Crippen molar-refractivity contribution in [2.45, 2.75) is 19.4 Å². The van der Waals surface area contributed by atoms with Gasteiger partial charge in [-0.25, -0.2) is 4.98 Å². The van der Waals surface area contributed by atoms with Crippen molar-refractivity contribution in [3.63, 3.8) is 0 Å². The first-order chi connectivity index (χ1) is 10.2. The molecule has 2 rings (SSSR count). The summed E-state index contributed by atoms with van der Waals surface area (Å²) in [7, 11) is 1.30. The highest BCUT2D eigenvalue weighted by atomic mass is 32.1. The van der Waals surface area contributed by atoms with Gasteiger partial charge in [0.15, 0.2) is 0 Å². The maximum Gasteiger partial charge on any atom is 0.306 e. The van der Waals surface area contributed by atoms with Gasteiger partial charge in [0.2, 0.25) is 5.91 Å². The van der Waals surface area contributed by atoms with E-state index in [4.69, 9.17) is 0 Å². The average Bonchev–Trinajstić information content (AvgIpc) is 3.00. The van der Waals surface area contributed by atoms with E-state index in [1.165, 1.54) is 18.4 Å². The van der Waals surface area contributed by atoms with Crippen molar-refractivity contribution < 1.29 is 14.3 Å². The highest BCUT2D eigenvalue weighted by molar-refractivity contribution is 7.13. The molecule has 0 aliphatic heterocycles. The molecule has 0 saturated carbocycles. The summed E-state index contributed by atoms with van der Waals surface area (Å²) in [6, 6.07) is 3.77. The third-order valence-electron chi connectivity index (χ3n) is 2.73. The summed E-state index contributed by atoms with van der Waals surface area (Å²) in [5.74, 6) is -0.586. The van der Waals surface area contributed by atoms with Crippen LogP contribution in [0.2, 0.25) is 0 Å². The Labute approximate surface area is 126 Å². The van der Waals surface area contributed by atoms with Gasteiger partial charge in [0, 0.05) is 29.8 Å². The Morgan fingerprint density at radius 1 is 1.29 bits per heavy atom. The van der Waals surface area contributed by atoms with Crippen molar-refractivity contribution in [3.05, 3.63) is 35.6 Å². The normalized spacial score (nSPS) is 10.1. The number of rotatable bonds is 6. The third-order valence-corrected chi connectivity index (χ3v) is 3.67. The molecule has 2 aromatic rings. The summed E-state index contributed by atoms with van der Waals surface area (Å²) < 4.78 is 4.48. The van der Waals surface area contributed by atoms with Crippen LogP contribution in [0.25, 0.3) is 10.6 Å². The van der Waals surface area contributed by atoms with Crippen LogP contribution in [0.3, 0.4) is 0 Å². The minimum atomic E-state index is -0.390. The van der Waals surface area contributed by atoms with Gasteiger partial charge in [-0.3, -0.25) is 14.6 Å². The van der Waals surface area contributed by atoms with Crippen LogP contribution in [-0.2, 0) is 20.9 Å². The molecule has 0 spiro atoms. The Morgan fingerprint density at radius 3 is 2.76 bits per heavy atom. The van der Waals surface area contributed by atoms with Crippen LogP contribution in [0.15, 0.2) is 29.9 Å². The molecule has 0 aliphatic carbocycles. The van der Waals surface area contributed by atoms with Crippen molar-refractivity contribution in [2.24, 2.45) is 0 Å². The van der Waals surface area contributed by atoms with E-state index in [1.54, 1.807) is 12.4 Å². The number of pyridine rings is 1. The zero-order chi connectivity index (χ0) is 15.1. The maximum atomic E-state index is 11.6. The SMILES string of the molecule is COC(=O)CCC(=O)NCc1csc(-c2ccncc2)n1. The van der Waals surface area contributed by atoms with E-state index in [0.29, 0.717) is 6.54 Å². The first-order valence-electron chi connectivity index (χ1n) is 6.37. The molecule has 0 aromatic carbocycles. The first kappa shape index (κ1) is 15.1. The van der Waals surface area contributed by atoms with Gasteiger partial charge >= 0.3 is 5.97 Å². The van der Waals surface area contributed by atoms with Crippen molar-refractivity contribution in [3.8, 4) is 10.6 Å². The van der Waals surface area contributed by atoms with Crippen LogP contribution in [0, 0.1) is 0 Å². The smallest absolute Gasteiger partial charge is 0.306 e. The molecule has 1 amide bonds. The lowest BCUT2D eigenvalue weighted by Gasteiger charge is -2.02. The number of methoxy groups -OCH3 is 1. The number of amides is 1. The molecule has 110 valence electrons. The molecule has 0 bridgehead atoms. The summed E-state index contributed by atoms with van der Waals surface area (Å²) in [6.45, 7) is 0.349. The van der Waals surface area contributed by atoms with E-state index in [1.807, 2.05) is 17.5 Å². The van der Waals surface area contributed by atoms with Crippen LogP contribution < -0.4 is 5.32 Å². The van der Waals surface area contributed by atoms with Crippen LogP contribution in [0.1, 0.15) is 18.5 Å². The van der Waals surface area contributed by atoms with E-state index < -0.39 is 5.97 Å². The molecule has 0 aliphatic rings. The van der Waals surface area contributed by atoms with Gasteiger partial charge < -0.3 is 10.1 Å². The van der Waals surface area contributed by atoms with Gasteiger partial charge in [-0.1, -0.05) is 0 Å². The van der Waals surface area contributed by atoms with Crippen LogP contribution in [-0.4, -0.2) is 29.0 Å². The van der Waals surface area contributed by atoms with Crippen LogP contribution in [0.4, 0.5) is 0 Å². The molecule has 7 heteroatoms. The number of thiazole rings is 1. The second-order valence-corrected chi connectivity index (χ2v) is 5.09. The van der Waals surface area contributed by atoms with E-state index in [9.17, 15) is 9.59 Å². The monoisotopic (exact) mass is 305 g/mol. The second-order valence-electron chi connectivity index (χ2n) is 4.23. The summed E-state index contributed by atoms with van der Waals surface area (Å²) in [6.07, 6.45) is 3.63. The standard InChI is InChI=1S/C14H15N3O3S/c1-20-13(19)3-2-12(18)16-8-11-9-21-14(17-11)10-4-6-15-7-5-10/h4-7,9H,2-3,8H2,1H3,(H,16,18). The molecule has 1 N–H and O–H groups in total. The maximum absolute atomic E-state index is 11.6. The summed E-state index contributed by atoms with van der Waals surface area (Å²) in [4.78, 5) is 30.9. The summed E-state index contributed by atoms with van der Waals surface area (Å²) >= 11 is 1.51. The molecule has 6 nitrogen and oxygen atoms in total. The number of aromatic nitrogens is 2. The van der Waals surface area contributed by atoms with Gasteiger partial charge in [0.1, 0.15) is 5.01 Å². The number of nitrogens with one attached hydrogen (secondary N) is 1.